The van der Waals surface area contributed by atoms with Crippen molar-refractivity contribution in [1.82, 2.24) is 5.32 Å². The molecule has 0 aliphatic heterocycles. The molecule has 4 nitrogen and oxygen atoms in total. The van der Waals surface area contributed by atoms with Crippen molar-refractivity contribution in [3.63, 3.8) is 0 Å². The molecule has 2 aromatic rings. The van der Waals surface area contributed by atoms with Crippen LogP contribution < -0.4 is 10.6 Å². The standard InChI is InChI=1S/C17H15BrN2O2/c18-15-7-2-1-6-14(15)17(22)20-13-5-3-4-11(10-13)16(21)19-12-8-9-12/h1-7,10,12H,8-9H2,(H,19,21)(H,20,22). The molecule has 0 spiro atoms. The normalized spacial score (nSPS) is 13.5. The summed E-state index contributed by atoms with van der Waals surface area (Å²) >= 11 is 3.36. The Morgan fingerprint density at radius 1 is 1.00 bits per heavy atom. The summed E-state index contributed by atoms with van der Waals surface area (Å²) in [5, 5.41) is 5.75. The highest BCUT2D eigenvalue weighted by atomic mass is 79.9. The second kappa shape index (κ2) is 6.32. The first-order valence-electron chi connectivity index (χ1n) is 7.10. The van der Waals surface area contributed by atoms with E-state index in [2.05, 4.69) is 26.6 Å². The predicted molar refractivity (Wildman–Crippen MR) is 89.0 cm³/mol. The van der Waals surface area contributed by atoms with E-state index in [1.54, 1.807) is 36.4 Å². The van der Waals surface area contributed by atoms with Crippen LogP contribution in [-0.2, 0) is 0 Å². The molecule has 1 aliphatic carbocycles. The maximum absolute atomic E-state index is 12.3. The van der Waals surface area contributed by atoms with Crippen molar-refractivity contribution in [3.05, 3.63) is 64.1 Å². The third-order valence-corrected chi connectivity index (χ3v) is 4.11. The summed E-state index contributed by atoms with van der Waals surface area (Å²) in [6, 6.07) is 14.5. The maximum atomic E-state index is 12.3. The molecule has 0 saturated heterocycles. The fourth-order valence-electron chi connectivity index (χ4n) is 2.08. The third-order valence-electron chi connectivity index (χ3n) is 3.41. The minimum atomic E-state index is -0.216. The van der Waals surface area contributed by atoms with Crippen molar-refractivity contribution in [2.75, 3.05) is 5.32 Å². The van der Waals surface area contributed by atoms with Crippen LogP contribution in [0, 0.1) is 0 Å². The summed E-state index contributed by atoms with van der Waals surface area (Å²) in [7, 11) is 0. The monoisotopic (exact) mass is 358 g/mol. The fourth-order valence-corrected chi connectivity index (χ4v) is 2.54. The molecule has 112 valence electrons. The van der Waals surface area contributed by atoms with Crippen molar-refractivity contribution in [3.8, 4) is 0 Å². The van der Waals surface area contributed by atoms with Gasteiger partial charge in [-0.05, 0) is 59.1 Å². The second-order valence-corrected chi connectivity index (χ2v) is 6.12. The van der Waals surface area contributed by atoms with E-state index in [1.807, 2.05) is 12.1 Å². The Morgan fingerprint density at radius 2 is 1.77 bits per heavy atom. The van der Waals surface area contributed by atoms with Gasteiger partial charge in [-0.25, -0.2) is 0 Å². The van der Waals surface area contributed by atoms with E-state index in [0.717, 1.165) is 17.3 Å². The van der Waals surface area contributed by atoms with Gasteiger partial charge in [0.25, 0.3) is 11.8 Å². The number of benzene rings is 2. The van der Waals surface area contributed by atoms with Gasteiger partial charge < -0.3 is 10.6 Å². The van der Waals surface area contributed by atoms with E-state index >= 15 is 0 Å². The Hall–Kier alpha value is -2.14. The third kappa shape index (κ3) is 3.54. The molecule has 0 heterocycles. The van der Waals surface area contributed by atoms with Gasteiger partial charge in [-0.2, -0.15) is 0 Å². The first kappa shape index (κ1) is 14.8. The van der Waals surface area contributed by atoms with Crippen LogP contribution in [-0.4, -0.2) is 17.9 Å². The summed E-state index contributed by atoms with van der Waals surface area (Å²) in [4.78, 5) is 24.3. The molecule has 1 saturated carbocycles. The van der Waals surface area contributed by atoms with E-state index < -0.39 is 0 Å². The Kier molecular flexibility index (Phi) is 4.24. The van der Waals surface area contributed by atoms with Gasteiger partial charge in [-0.3, -0.25) is 9.59 Å². The molecule has 1 fully saturated rings. The van der Waals surface area contributed by atoms with Crippen LogP contribution in [0.25, 0.3) is 0 Å². The number of rotatable bonds is 4. The molecule has 1 aliphatic rings. The van der Waals surface area contributed by atoms with Gasteiger partial charge in [-0.15, -0.1) is 0 Å². The van der Waals surface area contributed by atoms with Gasteiger partial charge in [0.15, 0.2) is 0 Å². The maximum Gasteiger partial charge on any atom is 0.256 e. The van der Waals surface area contributed by atoms with Crippen LogP contribution in [0.5, 0.6) is 0 Å². The highest BCUT2D eigenvalue weighted by Crippen LogP contribution is 2.21. The molecule has 0 radical (unpaired) electrons. The van der Waals surface area contributed by atoms with E-state index in [1.165, 1.54) is 0 Å². The van der Waals surface area contributed by atoms with Crippen LogP contribution in [0.3, 0.4) is 0 Å². The van der Waals surface area contributed by atoms with Gasteiger partial charge >= 0.3 is 0 Å². The number of anilines is 1. The molecule has 22 heavy (non-hydrogen) atoms. The topological polar surface area (TPSA) is 58.2 Å². The van der Waals surface area contributed by atoms with Crippen LogP contribution in [0.15, 0.2) is 53.0 Å². The average molecular weight is 359 g/mol. The van der Waals surface area contributed by atoms with E-state index in [-0.39, 0.29) is 11.8 Å². The van der Waals surface area contributed by atoms with E-state index in [9.17, 15) is 9.59 Å². The smallest absolute Gasteiger partial charge is 0.256 e. The van der Waals surface area contributed by atoms with Crippen molar-refractivity contribution in [2.45, 2.75) is 18.9 Å². The Morgan fingerprint density at radius 3 is 2.50 bits per heavy atom. The van der Waals surface area contributed by atoms with Crippen molar-refractivity contribution in [1.29, 1.82) is 0 Å². The lowest BCUT2D eigenvalue weighted by molar-refractivity contribution is 0.0949. The zero-order chi connectivity index (χ0) is 15.5. The van der Waals surface area contributed by atoms with Crippen LogP contribution in [0.2, 0.25) is 0 Å². The largest absolute Gasteiger partial charge is 0.349 e. The van der Waals surface area contributed by atoms with Crippen LogP contribution >= 0.6 is 15.9 Å². The number of hydrogen-bond acceptors (Lipinski definition) is 2. The van der Waals surface area contributed by atoms with Crippen molar-refractivity contribution >= 4 is 33.4 Å². The Balaban J connectivity index is 1.73. The number of hydrogen-bond donors (Lipinski definition) is 2. The summed E-state index contributed by atoms with van der Waals surface area (Å²) in [5.74, 6) is -0.313. The fraction of sp³-hybridized carbons (Fsp3) is 0.176. The number of carbonyl (C=O) groups is 2. The molecule has 0 aromatic heterocycles. The van der Waals surface area contributed by atoms with Crippen molar-refractivity contribution in [2.24, 2.45) is 0 Å². The van der Waals surface area contributed by atoms with E-state index in [0.29, 0.717) is 22.9 Å². The van der Waals surface area contributed by atoms with E-state index in [4.69, 9.17) is 0 Å². The molecular weight excluding hydrogens is 344 g/mol. The van der Waals surface area contributed by atoms with Crippen molar-refractivity contribution < 1.29 is 9.59 Å². The molecular formula is C17H15BrN2O2. The summed E-state index contributed by atoms with van der Waals surface area (Å²) < 4.78 is 0.732. The number of carbonyl (C=O) groups excluding carboxylic acids is 2. The first-order chi connectivity index (χ1) is 10.6. The zero-order valence-corrected chi connectivity index (χ0v) is 13.4. The summed E-state index contributed by atoms with van der Waals surface area (Å²) in [5.41, 5.74) is 1.70. The lowest BCUT2D eigenvalue weighted by Gasteiger charge is -2.09. The lowest BCUT2D eigenvalue weighted by atomic mass is 10.1. The minimum Gasteiger partial charge on any atom is -0.349 e. The molecule has 5 heteroatoms. The molecule has 2 N–H and O–H groups in total. The minimum absolute atomic E-state index is 0.0977. The second-order valence-electron chi connectivity index (χ2n) is 5.26. The highest BCUT2D eigenvalue weighted by Gasteiger charge is 2.23. The first-order valence-corrected chi connectivity index (χ1v) is 7.89. The van der Waals surface area contributed by atoms with Gasteiger partial charge in [0.1, 0.15) is 0 Å². The number of amides is 2. The lowest BCUT2D eigenvalue weighted by Crippen LogP contribution is -2.25. The van der Waals surface area contributed by atoms with Crippen LogP contribution in [0.1, 0.15) is 33.6 Å². The van der Waals surface area contributed by atoms with Gasteiger partial charge in [0.05, 0.1) is 5.56 Å². The zero-order valence-electron chi connectivity index (χ0n) is 11.8. The summed E-state index contributed by atoms with van der Waals surface area (Å²) in [6.07, 6.45) is 2.09. The molecule has 0 bridgehead atoms. The SMILES string of the molecule is O=C(NC1CC1)c1cccc(NC(=O)c2ccccc2Br)c1. The predicted octanol–water partition coefficient (Wildman–Crippen LogP) is 3.59. The molecule has 0 unspecified atom stereocenters. The van der Waals surface area contributed by atoms with Crippen LogP contribution in [0.4, 0.5) is 5.69 Å². The number of halogens is 1. The molecule has 0 atom stereocenters. The average Bonchev–Trinajstić information content (AvgIpc) is 3.32. The van der Waals surface area contributed by atoms with Gasteiger partial charge in [-0.1, -0.05) is 18.2 Å². The van der Waals surface area contributed by atoms with Gasteiger partial charge in [0, 0.05) is 21.8 Å². The molecule has 2 aromatic carbocycles. The highest BCUT2D eigenvalue weighted by molar-refractivity contribution is 9.10. The Bertz CT molecular complexity index is 726. The van der Waals surface area contributed by atoms with Gasteiger partial charge in [0.2, 0.25) is 0 Å². The molecule has 2 amide bonds. The number of nitrogens with one attached hydrogen (secondary N) is 2. The quantitative estimate of drug-likeness (QED) is 0.877. The summed E-state index contributed by atoms with van der Waals surface area (Å²) in [6.45, 7) is 0. The molecule has 3 rings (SSSR count). The Labute approximate surface area is 137 Å².